The molecule has 0 saturated carbocycles. The van der Waals surface area contributed by atoms with E-state index in [0.717, 1.165) is 32.1 Å². The Morgan fingerprint density at radius 3 is 2.34 bits per heavy atom. The highest BCUT2D eigenvalue weighted by Gasteiger charge is 2.28. The number of benzene rings is 2. The second kappa shape index (κ2) is 11.6. The highest BCUT2D eigenvalue weighted by molar-refractivity contribution is 7.92. The van der Waals surface area contributed by atoms with Crippen molar-refractivity contribution >= 4 is 16.1 Å². The van der Waals surface area contributed by atoms with Gasteiger partial charge in [-0.15, -0.1) is 0 Å². The Hall–Kier alpha value is -2.34. The lowest BCUT2D eigenvalue weighted by Crippen LogP contribution is -2.28. The van der Waals surface area contributed by atoms with Crippen LogP contribution in [0.4, 0.5) is 0 Å². The Bertz CT molecular complexity index is 862. The van der Waals surface area contributed by atoms with Crippen LogP contribution >= 0.6 is 0 Å². The van der Waals surface area contributed by atoms with Crippen molar-refractivity contribution in [1.82, 2.24) is 0 Å². The Labute approximate surface area is 174 Å². The molecule has 2 rings (SSSR count). The van der Waals surface area contributed by atoms with Crippen LogP contribution in [0, 0.1) is 0 Å². The molecule has 0 aliphatic rings. The normalized spacial score (nSPS) is 12.3. The van der Waals surface area contributed by atoms with E-state index in [-0.39, 0.29) is 17.3 Å². The molecule has 0 aliphatic carbocycles. The first-order chi connectivity index (χ1) is 14.0. The van der Waals surface area contributed by atoms with E-state index in [9.17, 15) is 13.2 Å². The summed E-state index contributed by atoms with van der Waals surface area (Å²) in [4.78, 5) is 11.7. The van der Waals surface area contributed by atoms with Gasteiger partial charge in [-0.1, -0.05) is 63.3 Å². The van der Waals surface area contributed by atoms with Gasteiger partial charge < -0.3 is 9.47 Å². The highest BCUT2D eigenvalue weighted by atomic mass is 32.2. The lowest BCUT2D eigenvalue weighted by molar-refractivity contribution is 0.111. The fourth-order valence-electron chi connectivity index (χ4n) is 3.22. The van der Waals surface area contributed by atoms with E-state index >= 15 is 0 Å². The lowest BCUT2D eigenvalue weighted by atomic mass is 10.1. The summed E-state index contributed by atoms with van der Waals surface area (Å²) in [6, 6.07) is 13.5. The van der Waals surface area contributed by atoms with Gasteiger partial charge in [-0.25, -0.2) is 8.42 Å². The molecule has 1 atom stereocenters. The fourth-order valence-corrected chi connectivity index (χ4v) is 4.87. The molecule has 0 heterocycles. The molecular weight excluding hydrogens is 388 g/mol. The molecule has 0 amide bonds. The minimum atomic E-state index is -3.56. The number of carbonyl (C=O) groups excluding carboxylic acids is 1. The van der Waals surface area contributed by atoms with Crippen molar-refractivity contribution in [2.75, 3.05) is 13.7 Å². The molecule has 2 aromatic carbocycles. The van der Waals surface area contributed by atoms with Gasteiger partial charge in [-0.2, -0.15) is 0 Å². The predicted molar refractivity (Wildman–Crippen MR) is 115 cm³/mol. The zero-order chi connectivity index (χ0) is 21.1. The van der Waals surface area contributed by atoms with Crippen molar-refractivity contribution in [3.8, 4) is 11.5 Å². The average Bonchev–Trinajstić information content (AvgIpc) is 2.75. The Morgan fingerprint density at radius 2 is 1.69 bits per heavy atom. The maximum atomic E-state index is 13.2. The van der Waals surface area contributed by atoms with Gasteiger partial charge in [0.25, 0.3) is 0 Å². The summed E-state index contributed by atoms with van der Waals surface area (Å²) >= 11 is 0. The molecule has 0 spiro atoms. The largest absolute Gasteiger partial charge is 0.493 e. The van der Waals surface area contributed by atoms with Crippen LogP contribution in [0.1, 0.15) is 55.8 Å². The topological polar surface area (TPSA) is 69.7 Å². The van der Waals surface area contributed by atoms with Crippen LogP contribution < -0.4 is 9.47 Å². The maximum Gasteiger partial charge on any atom is 0.184 e. The Morgan fingerprint density at radius 1 is 0.966 bits per heavy atom. The number of sulfone groups is 1. The number of methoxy groups -OCH3 is 1. The molecule has 5 nitrogen and oxygen atoms in total. The van der Waals surface area contributed by atoms with Crippen LogP contribution in [0.25, 0.3) is 0 Å². The second-order valence-electron chi connectivity index (χ2n) is 6.99. The van der Waals surface area contributed by atoms with Crippen molar-refractivity contribution in [1.29, 1.82) is 0 Å². The molecular formula is C23H30O5S. The quantitative estimate of drug-likeness (QED) is 0.335. The SMILES string of the molecule is CCCCCCCC(COc1c(C=O)cccc1OC)S(=O)(=O)c1ccccc1. The third-order valence-corrected chi connectivity index (χ3v) is 7.09. The Kier molecular flexibility index (Phi) is 9.19. The van der Waals surface area contributed by atoms with Crippen molar-refractivity contribution < 1.29 is 22.7 Å². The van der Waals surface area contributed by atoms with Crippen molar-refractivity contribution in [3.63, 3.8) is 0 Å². The van der Waals surface area contributed by atoms with Gasteiger partial charge in [0.1, 0.15) is 6.61 Å². The van der Waals surface area contributed by atoms with Gasteiger partial charge >= 0.3 is 0 Å². The summed E-state index contributed by atoms with van der Waals surface area (Å²) in [7, 11) is -2.07. The first kappa shape index (κ1) is 22.9. The molecule has 158 valence electrons. The second-order valence-corrected chi connectivity index (χ2v) is 9.22. The molecule has 2 aromatic rings. The number of carbonyl (C=O) groups is 1. The minimum Gasteiger partial charge on any atom is -0.493 e. The molecule has 1 unspecified atom stereocenters. The predicted octanol–water partition coefficient (Wildman–Crippen LogP) is 5.09. The van der Waals surface area contributed by atoms with E-state index in [4.69, 9.17) is 9.47 Å². The molecule has 0 N–H and O–H groups in total. The number of ether oxygens (including phenoxy) is 2. The van der Waals surface area contributed by atoms with Gasteiger partial charge in [-0.3, -0.25) is 4.79 Å². The summed E-state index contributed by atoms with van der Waals surface area (Å²) in [6.07, 6.45) is 6.37. The van der Waals surface area contributed by atoms with E-state index in [2.05, 4.69) is 6.92 Å². The lowest BCUT2D eigenvalue weighted by Gasteiger charge is -2.20. The number of hydrogen-bond donors (Lipinski definition) is 0. The number of para-hydroxylation sites is 1. The first-order valence-electron chi connectivity index (χ1n) is 10.1. The van der Waals surface area contributed by atoms with Crippen LogP contribution in [-0.4, -0.2) is 33.7 Å². The van der Waals surface area contributed by atoms with Crippen LogP contribution in [0.2, 0.25) is 0 Å². The third-order valence-electron chi connectivity index (χ3n) is 4.91. The number of hydrogen-bond acceptors (Lipinski definition) is 5. The zero-order valence-corrected chi connectivity index (χ0v) is 18.0. The van der Waals surface area contributed by atoms with Crippen LogP contribution in [0.3, 0.4) is 0 Å². The van der Waals surface area contributed by atoms with E-state index in [1.54, 1.807) is 48.5 Å². The summed E-state index contributed by atoms with van der Waals surface area (Å²) < 4.78 is 37.5. The number of unbranched alkanes of at least 4 members (excludes halogenated alkanes) is 4. The van der Waals surface area contributed by atoms with Crippen LogP contribution in [0.15, 0.2) is 53.4 Å². The number of aldehydes is 1. The van der Waals surface area contributed by atoms with E-state index < -0.39 is 15.1 Å². The number of rotatable bonds is 13. The molecule has 0 fully saturated rings. The minimum absolute atomic E-state index is 0.0355. The first-order valence-corrected chi connectivity index (χ1v) is 11.6. The third kappa shape index (κ3) is 6.32. The summed E-state index contributed by atoms with van der Waals surface area (Å²) in [5.74, 6) is 0.692. The van der Waals surface area contributed by atoms with Crippen LogP contribution in [0.5, 0.6) is 11.5 Å². The van der Waals surface area contributed by atoms with E-state index in [1.807, 2.05) is 0 Å². The summed E-state index contributed by atoms with van der Waals surface area (Å²) in [5, 5.41) is -0.698. The zero-order valence-electron chi connectivity index (χ0n) is 17.2. The summed E-state index contributed by atoms with van der Waals surface area (Å²) in [5.41, 5.74) is 0.336. The van der Waals surface area contributed by atoms with E-state index in [1.165, 1.54) is 7.11 Å². The molecule has 0 bridgehead atoms. The van der Waals surface area contributed by atoms with Gasteiger partial charge in [0.2, 0.25) is 0 Å². The molecule has 0 aromatic heterocycles. The maximum absolute atomic E-state index is 13.2. The van der Waals surface area contributed by atoms with Crippen molar-refractivity contribution in [2.24, 2.45) is 0 Å². The fraction of sp³-hybridized carbons (Fsp3) is 0.435. The van der Waals surface area contributed by atoms with E-state index in [0.29, 0.717) is 24.0 Å². The van der Waals surface area contributed by atoms with Crippen molar-refractivity contribution in [3.05, 3.63) is 54.1 Å². The molecule has 6 heteroatoms. The Balaban J connectivity index is 2.21. The standard InChI is InChI=1S/C23H30O5S/c1-3-4-5-6-8-15-21(29(25,26)20-13-9-7-10-14-20)18-28-23-19(17-24)12-11-16-22(23)27-2/h7,9-14,16-17,21H,3-6,8,15,18H2,1-2H3. The van der Waals surface area contributed by atoms with Crippen molar-refractivity contribution in [2.45, 2.75) is 55.6 Å². The average molecular weight is 419 g/mol. The molecule has 0 aliphatic heterocycles. The van der Waals surface area contributed by atoms with Gasteiger partial charge in [0.05, 0.1) is 22.8 Å². The van der Waals surface area contributed by atoms with Crippen LogP contribution in [-0.2, 0) is 9.84 Å². The smallest absolute Gasteiger partial charge is 0.184 e. The monoisotopic (exact) mass is 418 g/mol. The van der Waals surface area contributed by atoms with Gasteiger partial charge in [0.15, 0.2) is 27.6 Å². The molecule has 29 heavy (non-hydrogen) atoms. The molecule has 0 saturated heterocycles. The highest BCUT2D eigenvalue weighted by Crippen LogP contribution is 2.31. The van der Waals surface area contributed by atoms with Gasteiger partial charge in [-0.05, 0) is 30.7 Å². The van der Waals surface area contributed by atoms with Gasteiger partial charge in [0, 0.05) is 0 Å². The summed E-state index contributed by atoms with van der Waals surface area (Å²) in [6.45, 7) is 2.11. The molecule has 0 radical (unpaired) electrons.